The molecule has 0 aliphatic carbocycles. The second-order valence-electron chi connectivity index (χ2n) is 10.1. The number of aromatic nitrogens is 1. The van der Waals surface area contributed by atoms with Crippen molar-refractivity contribution in [2.24, 2.45) is 0 Å². The first kappa shape index (κ1) is 33.0. The van der Waals surface area contributed by atoms with E-state index in [0.29, 0.717) is 32.0 Å². The molecule has 0 unspecified atom stereocenters. The quantitative estimate of drug-likeness (QED) is 0.101. The molecule has 4 aromatic carbocycles. The highest BCUT2D eigenvalue weighted by Gasteiger charge is 2.17. The zero-order chi connectivity index (χ0) is 32.6. The topological polar surface area (TPSA) is 100 Å². The van der Waals surface area contributed by atoms with Gasteiger partial charge in [-0.05, 0) is 74.0 Å². The van der Waals surface area contributed by atoms with Crippen molar-refractivity contribution in [1.29, 1.82) is 0 Å². The number of hydrogen-bond donors (Lipinski definition) is 3. The lowest BCUT2D eigenvalue weighted by molar-refractivity contribution is -0.114. The normalized spacial score (nSPS) is 11.2. The van der Waals surface area contributed by atoms with Crippen molar-refractivity contribution in [2.75, 3.05) is 16.4 Å². The number of carbonyl (C=O) groups is 3. The lowest BCUT2D eigenvalue weighted by Gasteiger charge is -2.12. The first-order valence-corrected chi connectivity index (χ1v) is 16.6. The summed E-state index contributed by atoms with van der Waals surface area (Å²) in [6.07, 6.45) is 1.49. The van der Waals surface area contributed by atoms with Gasteiger partial charge >= 0.3 is 0 Å². The van der Waals surface area contributed by atoms with Crippen molar-refractivity contribution >= 4 is 80.9 Å². The van der Waals surface area contributed by atoms with Gasteiger partial charge in [-0.2, -0.15) is 0 Å². The predicted octanol–water partition coefficient (Wildman–Crippen LogP) is 8.87. The maximum absolute atomic E-state index is 13.3. The average Bonchev–Trinajstić information content (AvgIpc) is 3.41. The highest BCUT2D eigenvalue weighted by Crippen LogP contribution is 2.31. The van der Waals surface area contributed by atoms with Gasteiger partial charge in [0, 0.05) is 36.6 Å². The summed E-state index contributed by atoms with van der Waals surface area (Å²) < 4.78 is 0. The first-order valence-electron chi connectivity index (χ1n) is 14.1. The Balaban J connectivity index is 1.21. The van der Waals surface area contributed by atoms with E-state index in [1.807, 2.05) is 38.1 Å². The number of aryl methyl sites for hydroxylation is 2. The van der Waals surface area contributed by atoms with E-state index in [1.165, 1.54) is 34.7 Å². The molecule has 232 valence electrons. The number of nitrogens with zero attached hydrogens (tertiary/aromatic N) is 1. The predicted molar refractivity (Wildman–Crippen MR) is 190 cm³/mol. The van der Waals surface area contributed by atoms with Gasteiger partial charge in [-0.1, -0.05) is 77.3 Å². The van der Waals surface area contributed by atoms with Crippen molar-refractivity contribution in [3.8, 4) is 11.3 Å². The third-order valence-electron chi connectivity index (χ3n) is 6.64. The minimum Gasteiger partial charge on any atom is -0.321 e. The van der Waals surface area contributed by atoms with Crippen LogP contribution in [-0.4, -0.2) is 28.5 Å². The molecule has 46 heavy (non-hydrogen) atoms. The molecule has 0 atom stereocenters. The number of halogens is 2. The van der Waals surface area contributed by atoms with E-state index in [9.17, 15) is 14.4 Å². The van der Waals surface area contributed by atoms with Crippen LogP contribution < -0.4 is 16.0 Å². The highest BCUT2D eigenvalue weighted by molar-refractivity contribution is 8.00. The Morgan fingerprint density at radius 2 is 1.59 bits per heavy atom. The van der Waals surface area contributed by atoms with Gasteiger partial charge in [0.05, 0.1) is 11.4 Å². The molecular weight excluding hydrogens is 659 g/mol. The fraction of sp³-hybridized carbons (Fsp3) is 0.0857. The summed E-state index contributed by atoms with van der Waals surface area (Å²) in [5.74, 6) is -0.976. The van der Waals surface area contributed by atoms with Gasteiger partial charge in [0.25, 0.3) is 11.8 Å². The Kier molecular flexibility index (Phi) is 10.9. The molecule has 1 heterocycles. The van der Waals surface area contributed by atoms with E-state index in [4.69, 9.17) is 23.2 Å². The molecule has 7 nitrogen and oxygen atoms in total. The van der Waals surface area contributed by atoms with Gasteiger partial charge < -0.3 is 16.0 Å². The Hall–Kier alpha value is -4.41. The molecular formula is C35H28Cl2N4O3S2. The lowest BCUT2D eigenvalue weighted by atomic mass is 10.1. The standard InChI is InChI=1S/C35H28Cl2N4O3S2/c1-21-8-10-23(11-9-21)32-22(2)46-35(41-32)40-31(42)20-45-28-16-14-27(15-17-28)38-34(44)30(18-25-12-13-26(36)19-29(25)37)39-33(43)24-6-4-3-5-7-24/h3-19H,20H2,1-2H3,(H,38,44)(H,39,43)(H,40,41,42)/b30-18-. The van der Waals surface area contributed by atoms with Gasteiger partial charge in [0.15, 0.2) is 5.13 Å². The van der Waals surface area contributed by atoms with Crippen LogP contribution in [0, 0.1) is 13.8 Å². The maximum Gasteiger partial charge on any atom is 0.272 e. The molecule has 5 aromatic rings. The number of carbonyl (C=O) groups excluding carboxylic acids is 3. The van der Waals surface area contributed by atoms with Gasteiger partial charge in [-0.15, -0.1) is 23.1 Å². The molecule has 3 N–H and O–H groups in total. The van der Waals surface area contributed by atoms with Crippen molar-refractivity contribution in [2.45, 2.75) is 18.7 Å². The molecule has 0 aliphatic heterocycles. The second kappa shape index (κ2) is 15.2. The monoisotopic (exact) mass is 686 g/mol. The third-order valence-corrected chi connectivity index (χ3v) is 9.10. The van der Waals surface area contributed by atoms with E-state index in [1.54, 1.807) is 72.8 Å². The molecule has 0 saturated carbocycles. The fourth-order valence-electron chi connectivity index (χ4n) is 4.28. The summed E-state index contributed by atoms with van der Waals surface area (Å²) in [7, 11) is 0. The summed E-state index contributed by atoms with van der Waals surface area (Å²) in [5, 5.41) is 9.72. The molecule has 0 spiro atoms. The van der Waals surface area contributed by atoms with Crippen LogP contribution in [-0.2, 0) is 9.59 Å². The Morgan fingerprint density at radius 3 is 2.28 bits per heavy atom. The third kappa shape index (κ3) is 8.86. The Morgan fingerprint density at radius 1 is 0.870 bits per heavy atom. The smallest absolute Gasteiger partial charge is 0.272 e. The van der Waals surface area contributed by atoms with E-state index < -0.39 is 11.8 Å². The van der Waals surface area contributed by atoms with Crippen LogP contribution >= 0.6 is 46.3 Å². The number of anilines is 2. The number of rotatable bonds is 10. The van der Waals surface area contributed by atoms with Gasteiger partial charge in [-0.3, -0.25) is 14.4 Å². The molecule has 3 amide bonds. The summed E-state index contributed by atoms with van der Waals surface area (Å²) in [6.45, 7) is 4.02. The van der Waals surface area contributed by atoms with Gasteiger partial charge in [0.2, 0.25) is 5.91 Å². The van der Waals surface area contributed by atoms with Crippen LogP contribution in [0.2, 0.25) is 10.0 Å². The molecule has 0 bridgehead atoms. The number of thiazole rings is 1. The van der Waals surface area contributed by atoms with Crippen LogP contribution in [0.5, 0.6) is 0 Å². The summed E-state index contributed by atoms with van der Waals surface area (Å²) in [5.41, 5.74) is 4.44. The minimum atomic E-state index is -0.543. The molecule has 0 aliphatic rings. The van der Waals surface area contributed by atoms with Crippen LogP contribution in [0.15, 0.2) is 108 Å². The Bertz CT molecular complexity index is 1910. The summed E-state index contributed by atoms with van der Waals surface area (Å²) >= 11 is 15.2. The van der Waals surface area contributed by atoms with Crippen molar-refractivity contribution in [1.82, 2.24) is 10.3 Å². The zero-order valence-electron chi connectivity index (χ0n) is 24.8. The maximum atomic E-state index is 13.3. The van der Waals surface area contributed by atoms with E-state index in [-0.39, 0.29) is 17.4 Å². The molecule has 0 saturated heterocycles. The molecule has 0 radical (unpaired) electrons. The number of amides is 3. The largest absolute Gasteiger partial charge is 0.321 e. The summed E-state index contributed by atoms with van der Waals surface area (Å²) in [6, 6.07) is 28.6. The van der Waals surface area contributed by atoms with Crippen molar-refractivity contribution in [3.63, 3.8) is 0 Å². The number of nitrogens with one attached hydrogen (secondary N) is 3. The number of thioether (sulfide) groups is 1. The number of benzene rings is 4. The molecule has 11 heteroatoms. The molecule has 1 aromatic heterocycles. The first-order chi connectivity index (χ1) is 22.1. The highest BCUT2D eigenvalue weighted by atomic mass is 35.5. The second-order valence-corrected chi connectivity index (χ2v) is 13.2. The van der Waals surface area contributed by atoms with E-state index >= 15 is 0 Å². The van der Waals surface area contributed by atoms with Crippen LogP contribution in [0.1, 0.15) is 26.4 Å². The van der Waals surface area contributed by atoms with Crippen molar-refractivity contribution in [3.05, 3.63) is 134 Å². The molecule has 0 fully saturated rings. The van der Waals surface area contributed by atoms with E-state index in [0.717, 1.165) is 21.0 Å². The van der Waals surface area contributed by atoms with Gasteiger partial charge in [-0.25, -0.2) is 4.98 Å². The van der Waals surface area contributed by atoms with E-state index in [2.05, 4.69) is 20.9 Å². The number of hydrogen-bond acceptors (Lipinski definition) is 6. The molecule has 5 rings (SSSR count). The zero-order valence-corrected chi connectivity index (χ0v) is 27.9. The average molecular weight is 688 g/mol. The van der Waals surface area contributed by atoms with Crippen LogP contribution in [0.25, 0.3) is 17.3 Å². The summed E-state index contributed by atoms with van der Waals surface area (Å²) in [4.78, 5) is 45.4. The SMILES string of the molecule is Cc1ccc(-c2nc(NC(=O)CSc3ccc(NC(=O)/C(=C/c4ccc(Cl)cc4Cl)NC(=O)c4ccccc4)cc3)sc2C)cc1. The van der Waals surface area contributed by atoms with Gasteiger partial charge in [0.1, 0.15) is 5.70 Å². The fourth-order valence-corrected chi connectivity index (χ4v) is 6.30. The Labute approximate surface area is 285 Å². The van der Waals surface area contributed by atoms with Crippen LogP contribution in [0.4, 0.5) is 10.8 Å². The minimum absolute atomic E-state index is 0.00356. The van der Waals surface area contributed by atoms with Crippen molar-refractivity contribution < 1.29 is 14.4 Å². The lowest BCUT2D eigenvalue weighted by Crippen LogP contribution is -2.30. The van der Waals surface area contributed by atoms with Crippen LogP contribution in [0.3, 0.4) is 0 Å².